The molecule has 0 bridgehead atoms. The summed E-state index contributed by atoms with van der Waals surface area (Å²) in [5, 5.41) is 10.9. The number of methoxy groups -OCH3 is 1. The van der Waals surface area contributed by atoms with Gasteiger partial charge in [0.1, 0.15) is 11.9 Å². The molecule has 0 spiro atoms. The molecule has 2 aromatic rings. The molecule has 0 amide bonds. The molecule has 4 nitrogen and oxygen atoms in total. The maximum Gasteiger partial charge on any atom is 0.197 e. The van der Waals surface area contributed by atoms with Gasteiger partial charge in [-0.1, -0.05) is 29.8 Å². The highest BCUT2D eigenvalue weighted by Crippen LogP contribution is 2.41. The molecule has 29 heavy (non-hydrogen) atoms. The zero-order valence-electron chi connectivity index (χ0n) is 17.0. The Morgan fingerprint density at radius 2 is 2.00 bits per heavy atom. The number of halogens is 2. The van der Waals surface area contributed by atoms with Crippen molar-refractivity contribution in [2.24, 2.45) is 0 Å². The zero-order chi connectivity index (χ0) is 21.0. The zero-order valence-corrected chi connectivity index (χ0v) is 17.8. The largest absolute Gasteiger partial charge is 0.494 e. The van der Waals surface area contributed by atoms with Gasteiger partial charge in [0.05, 0.1) is 18.8 Å². The Labute approximate surface area is 176 Å². The summed E-state index contributed by atoms with van der Waals surface area (Å²) in [7, 11) is 1.51. The summed E-state index contributed by atoms with van der Waals surface area (Å²) in [4.78, 5) is 0. The lowest BCUT2D eigenvalue weighted by molar-refractivity contribution is -0.302. The second kappa shape index (κ2) is 9.43. The van der Waals surface area contributed by atoms with Crippen molar-refractivity contribution in [3.63, 3.8) is 0 Å². The molecule has 1 aliphatic heterocycles. The van der Waals surface area contributed by atoms with Crippen molar-refractivity contribution in [1.29, 1.82) is 0 Å². The number of hydrogen-bond acceptors (Lipinski definition) is 4. The van der Waals surface area contributed by atoms with Gasteiger partial charge in [-0.2, -0.15) is 0 Å². The molecule has 2 aromatic carbocycles. The Morgan fingerprint density at radius 3 is 2.62 bits per heavy atom. The first kappa shape index (κ1) is 22.0. The Hall–Kier alpha value is -1.66. The van der Waals surface area contributed by atoms with Crippen LogP contribution in [0.4, 0.5) is 4.39 Å². The van der Waals surface area contributed by atoms with Gasteiger partial charge in [0.15, 0.2) is 5.79 Å². The predicted molar refractivity (Wildman–Crippen MR) is 111 cm³/mol. The third-order valence-corrected chi connectivity index (χ3v) is 5.68. The van der Waals surface area contributed by atoms with E-state index in [0.717, 1.165) is 22.4 Å². The van der Waals surface area contributed by atoms with Gasteiger partial charge in [-0.05, 0) is 55.7 Å². The van der Waals surface area contributed by atoms with Crippen LogP contribution in [0.25, 0.3) is 0 Å². The Bertz CT molecular complexity index is 811. The molecule has 1 heterocycles. The molecule has 0 aromatic heterocycles. The molecule has 3 rings (SSSR count). The third kappa shape index (κ3) is 5.10. The predicted octanol–water partition coefficient (Wildman–Crippen LogP) is 5.03. The minimum atomic E-state index is -1.21. The summed E-state index contributed by atoms with van der Waals surface area (Å²) < 4.78 is 31.1. The molecular formula is C23H28ClFO4. The quantitative estimate of drug-likeness (QED) is 0.680. The molecule has 158 valence electrons. The van der Waals surface area contributed by atoms with E-state index in [4.69, 9.17) is 25.8 Å². The highest BCUT2D eigenvalue weighted by molar-refractivity contribution is 6.31. The topological polar surface area (TPSA) is 47.9 Å². The lowest BCUT2D eigenvalue weighted by Gasteiger charge is -2.43. The monoisotopic (exact) mass is 422 g/mol. The number of benzene rings is 2. The standard InChI is InChI=1S/C23H28ClFO4/c1-4-28-20-8-5-16(6-9-20)11-17-12-18(7-10-21(17)24)23(27-3)14-19(26)13-22(29-23)15(2)25/h5-10,12,15,19,22,26H,4,11,13-14H2,1-3H3/t15?,19?,22?,23-/m1/s1. The smallest absolute Gasteiger partial charge is 0.197 e. The second-order valence-electron chi connectivity index (χ2n) is 7.44. The van der Waals surface area contributed by atoms with Crippen molar-refractivity contribution in [3.8, 4) is 5.75 Å². The molecule has 0 saturated carbocycles. The summed E-state index contributed by atoms with van der Waals surface area (Å²) >= 11 is 6.45. The Morgan fingerprint density at radius 1 is 1.28 bits per heavy atom. The number of hydrogen-bond donors (Lipinski definition) is 1. The van der Waals surface area contributed by atoms with E-state index >= 15 is 0 Å². The molecule has 1 fully saturated rings. The van der Waals surface area contributed by atoms with Gasteiger partial charge in [-0.25, -0.2) is 4.39 Å². The molecule has 1 saturated heterocycles. The van der Waals surface area contributed by atoms with Crippen molar-refractivity contribution < 1.29 is 23.7 Å². The molecule has 0 aliphatic carbocycles. The van der Waals surface area contributed by atoms with E-state index in [1.165, 1.54) is 14.0 Å². The summed E-state index contributed by atoms with van der Waals surface area (Å²) in [6.45, 7) is 4.00. The number of rotatable bonds is 7. The average molecular weight is 423 g/mol. The van der Waals surface area contributed by atoms with Gasteiger partial charge in [0.2, 0.25) is 0 Å². The average Bonchev–Trinajstić information content (AvgIpc) is 2.70. The maximum absolute atomic E-state index is 14.0. The van der Waals surface area contributed by atoms with E-state index in [1.807, 2.05) is 43.3 Å². The minimum absolute atomic E-state index is 0.233. The van der Waals surface area contributed by atoms with E-state index in [2.05, 4.69) is 0 Å². The lowest BCUT2D eigenvalue weighted by atomic mass is 9.90. The molecule has 1 aliphatic rings. The van der Waals surface area contributed by atoms with Gasteiger partial charge < -0.3 is 19.3 Å². The second-order valence-corrected chi connectivity index (χ2v) is 7.85. The van der Waals surface area contributed by atoms with Gasteiger partial charge in [0.25, 0.3) is 0 Å². The highest BCUT2D eigenvalue weighted by atomic mass is 35.5. The van der Waals surface area contributed by atoms with Crippen molar-refractivity contribution in [2.75, 3.05) is 13.7 Å². The minimum Gasteiger partial charge on any atom is -0.494 e. The van der Waals surface area contributed by atoms with Gasteiger partial charge in [-0.3, -0.25) is 0 Å². The summed E-state index contributed by atoms with van der Waals surface area (Å²) in [5.74, 6) is -0.383. The van der Waals surface area contributed by atoms with Crippen LogP contribution in [-0.2, 0) is 21.7 Å². The van der Waals surface area contributed by atoms with Crippen LogP contribution in [-0.4, -0.2) is 37.2 Å². The summed E-state index contributed by atoms with van der Waals surface area (Å²) in [6, 6.07) is 13.4. The molecule has 1 N–H and O–H groups in total. The molecule has 3 unspecified atom stereocenters. The first-order valence-electron chi connectivity index (χ1n) is 9.92. The van der Waals surface area contributed by atoms with Crippen LogP contribution in [0.5, 0.6) is 5.75 Å². The summed E-state index contributed by atoms with van der Waals surface area (Å²) in [5.41, 5.74) is 2.70. The molecule has 0 radical (unpaired) electrons. The van der Waals surface area contributed by atoms with E-state index in [1.54, 1.807) is 6.07 Å². The maximum atomic E-state index is 14.0. The lowest BCUT2D eigenvalue weighted by Crippen LogP contribution is -2.48. The molecule has 4 atom stereocenters. The van der Waals surface area contributed by atoms with Crippen LogP contribution < -0.4 is 4.74 Å². The Kier molecular flexibility index (Phi) is 7.17. The number of aliphatic hydroxyl groups excluding tert-OH is 1. The van der Waals surface area contributed by atoms with E-state index in [-0.39, 0.29) is 12.8 Å². The van der Waals surface area contributed by atoms with Crippen molar-refractivity contribution in [3.05, 3.63) is 64.2 Å². The first-order valence-corrected chi connectivity index (χ1v) is 10.3. The number of aliphatic hydroxyl groups is 1. The fourth-order valence-electron chi connectivity index (χ4n) is 3.76. The normalized spacial score (nSPS) is 25.6. The SMILES string of the molecule is CCOc1ccc(Cc2cc([C@@]3(OC)CC(O)CC(C(C)F)O3)ccc2Cl)cc1. The van der Waals surface area contributed by atoms with Crippen LogP contribution >= 0.6 is 11.6 Å². The van der Waals surface area contributed by atoms with Crippen molar-refractivity contribution in [1.82, 2.24) is 0 Å². The van der Waals surface area contributed by atoms with Gasteiger partial charge in [0, 0.05) is 30.5 Å². The van der Waals surface area contributed by atoms with Crippen LogP contribution in [0.15, 0.2) is 42.5 Å². The van der Waals surface area contributed by atoms with Crippen LogP contribution in [0.1, 0.15) is 43.4 Å². The number of ether oxygens (including phenoxy) is 3. The van der Waals surface area contributed by atoms with Crippen molar-refractivity contribution in [2.45, 2.75) is 57.3 Å². The number of alkyl halides is 1. The fraction of sp³-hybridized carbons (Fsp3) is 0.478. The Balaban J connectivity index is 1.88. The molecular weight excluding hydrogens is 395 g/mol. The first-order chi connectivity index (χ1) is 13.9. The van der Waals surface area contributed by atoms with E-state index in [9.17, 15) is 9.50 Å². The highest BCUT2D eigenvalue weighted by Gasteiger charge is 2.45. The van der Waals surface area contributed by atoms with Gasteiger partial charge in [-0.15, -0.1) is 0 Å². The van der Waals surface area contributed by atoms with Crippen molar-refractivity contribution >= 4 is 11.6 Å². The summed E-state index contributed by atoms with van der Waals surface area (Å²) in [6.07, 6.45) is -1.56. The third-order valence-electron chi connectivity index (χ3n) is 5.31. The van der Waals surface area contributed by atoms with E-state index < -0.39 is 24.2 Å². The fourth-order valence-corrected chi connectivity index (χ4v) is 3.94. The van der Waals surface area contributed by atoms with Crippen LogP contribution in [0.3, 0.4) is 0 Å². The van der Waals surface area contributed by atoms with E-state index in [0.29, 0.717) is 18.1 Å². The van der Waals surface area contributed by atoms with Crippen LogP contribution in [0, 0.1) is 0 Å². The molecule has 6 heteroatoms. The van der Waals surface area contributed by atoms with Crippen LogP contribution in [0.2, 0.25) is 5.02 Å². The van der Waals surface area contributed by atoms with Gasteiger partial charge >= 0.3 is 0 Å².